The fourth-order valence-corrected chi connectivity index (χ4v) is 6.73. The summed E-state index contributed by atoms with van der Waals surface area (Å²) < 4.78 is 2.28. The van der Waals surface area contributed by atoms with Crippen molar-refractivity contribution in [3.8, 4) is 56.5 Å². The molecule has 0 unspecified atom stereocenters. The molecule has 0 aliphatic heterocycles. The molecule has 0 fully saturated rings. The van der Waals surface area contributed by atoms with E-state index in [1.54, 1.807) is 0 Å². The van der Waals surface area contributed by atoms with Crippen LogP contribution in [-0.4, -0.2) is 29.6 Å². The van der Waals surface area contributed by atoms with Crippen LogP contribution in [0.15, 0.2) is 103 Å². The number of rotatable bonds is 5. The standard InChI is InChI=1S/C45H45N5O/c1-27-15-12-16-28(2)38(27)50-37-22-11-10-21-36(37)46-41(50)33-18-13-17-32(29(33)3)35-20-14-19-34(39(35)51)30-23-25-31(26-24-30)40-47-42(44(4,5)6)49-43(48-40)45(7,8)9/h10-26,51H,1-9H3. The third-order valence-corrected chi connectivity index (χ3v) is 9.56. The van der Waals surface area contributed by atoms with Gasteiger partial charge in [-0.2, -0.15) is 0 Å². The number of fused-ring (bicyclic) bond motifs is 1. The largest absolute Gasteiger partial charge is 0.507 e. The second-order valence-corrected chi connectivity index (χ2v) is 15.6. The van der Waals surface area contributed by atoms with Gasteiger partial charge in [0.25, 0.3) is 0 Å². The molecule has 51 heavy (non-hydrogen) atoms. The molecule has 0 bridgehead atoms. The van der Waals surface area contributed by atoms with E-state index in [0.717, 1.165) is 73.1 Å². The summed E-state index contributed by atoms with van der Waals surface area (Å²) in [6, 6.07) is 35.0. The smallest absolute Gasteiger partial charge is 0.163 e. The summed E-state index contributed by atoms with van der Waals surface area (Å²) in [5.74, 6) is 3.31. The van der Waals surface area contributed by atoms with E-state index in [2.05, 4.69) is 121 Å². The quantitative estimate of drug-likeness (QED) is 0.197. The molecule has 256 valence electrons. The molecule has 0 saturated heterocycles. The zero-order valence-electron chi connectivity index (χ0n) is 31.0. The molecule has 0 aliphatic rings. The highest BCUT2D eigenvalue weighted by atomic mass is 16.3. The fraction of sp³-hybridized carbons (Fsp3) is 0.244. The first-order valence-electron chi connectivity index (χ1n) is 17.6. The van der Waals surface area contributed by atoms with Gasteiger partial charge in [0.1, 0.15) is 23.2 Å². The van der Waals surface area contributed by atoms with E-state index in [4.69, 9.17) is 19.9 Å². The summed E-state index contributed by atoms with van der Waals surface area (Å²) in [6.07, 6.45) is 0. The van der Waals surface area contributed by atoms with Crippen molar-refractivity contribution in [1.29, 1.82) is 0 Å². The van der Waals surface area contributed by atoms with Gasteiger partial charge in [0.15, 0.2) is 5.82 Å². The molecule has 0 atom stereocenters. The predicted molar refractivity (Wildman–Crippen MR) is 209 cm³/mol. The van der Waals surface area contributed by atoms with Crippen LogP contribution in [0.25, 0.3) is 61.8 Å². The molecular weight excluding hydrogens is 627 g/mol. The van der Waals surface area contributed by atoms with E-state index >= 15 is 0 Å². The van der Waals surface area contributed by atoms with Gasteiger partial charge in [-0.1, -0.05) is 133 Å². The molecule has 0 radical (unpaired) electrons. The number of benzene rings is 5. The van der Waals surface area contributed by atoms with Crippen LogP contribution in [0.2, 0.25) is 0 Å². The number of aromatic nitrogens is 5. The first kappa shape index (κ1) is 33.9. The second-order valence-electron chi connectivity index (χ2n) is 15.6. The molecule has 7 aromatic rings. The highest BCUT2D eigenvalue weighted by molar-refractivity contribution is 5.89. The molecule has 1 N–H and O–H groups in total. The Balaban J connectivity index is 1.31. The number of imidazole rings is 1. The van der Waals surface area contributed by atoms with Gasteiger partial charge in [-0.05, 0) is 60.7 Å². The number of phenols is 1. The summed E-state index contributed by atoms with van der Waals surface area (Å²) in [7, 11) is 0. The van der Waals surface area contributed by atoms with Gasteiger partial charge in [0.2, 0.25) is 0 Å². The lowest BCUT2D eigenvalue weighted by Crippen LogP contribution is -2.24. The molecule has 6 heteroatoms. The van der Waals surface area contributed by atoms with Gasteiger partial charge in [-0.3, -0.25) is 4.57 Å². The Morgan fingerprint density at radius 1 is 0.510 bits per heavy atom. The molecule has 2 heterocycles. The van der Waals surface area contributed by atoms with E-state index in [9.17, 15) is 5.11 Å². The third kappa shape index (κ3) is 6.20. The molecule has 0 aliphatic carbocycles. The Labute approximate surface area is 301 Å². The lowest BCUT2D eigenvalue weighted by atomic mass is 9.92. The zero-order valence-corrected chi connectivity index (χ0v) is 31.0. The van der Waals surface area contributed by atoms with Crippen LogP contribution in [0.1, 0.15) is 69.9 Å². The fourth-order valence-electron chi connectivity index (χ4n) is 6.73. The SMILES string of the molecule is Cc1cccc(C)c1-n1c(-c2cccc(-c3cccc(-c4ccc(-c5nc(C(C)(C)C)nc(C(C)(C)C)n5)cc4)c3O)c2C)nc2ccccc21. The van der Waals surface area contributed by atoms with Crippen molar-refractivity contribution in [3.63, 3.8) is 0 Å². The van der Waals surface area contributed by atoms with Crippen molar-refractivity contribution >= 4 is 11.0 Å². The normalized spacial score (nSPS) is 12.1. The van der Waals surface area contributed by atoms with Gasteiger partial charge in [0.05, 0.1) is 16.7 Å². The lowest BCUT2D eigenvalue weighted by molar-refractivity contribution is 0.479. The van der Waals surface area contributed by atoms with Gasteiger partial charge in [-0.25, -0.2) is 19.9 Å². The second kappa shape index (κ2) is 12.6. The van der Waals surface area contributed by atoms with E-state index < -0.39 is 0 Å². The highest BCUT2D eigenvalue weighted by Gasteiger charge is 2.26. The van der Waals surface area contributed by atoms with E-state index in [0.29, 0.717) is 5.82 Å². The average molecular weight is 672 g/mol. The molecule has 0 saturated carbocycles. The number of hydrogen-bond acceptors (Lipinski definition) is 5. The number of nitrogens with zero attached hydrogens (tertiary/aromatic N) is 5. The van der Waals surface area contributed by atoms with Crippen molar-refractivity contribution in [2.24, 2.45) is 0 Å². The number of hydrogen-bond donors (Lipinski definition) is 1. The van der Waals surface area contributed by atoms with Crippen LogP contribution < -0.4 is 0 Å². The molecule has 6 nitrogen and oxygen atoms in total. The Kier molecular flexibility index (Phi) is 8.37. The first-order chi connectivity index (χ1) is 24.2. The van der Waals surface area contributed by atoms with Crippen LogP contribution >= 0.6 is 0 Å². The Morgan fingerprint density at radius 2 is 1.04 bits per heavy atom. The van der Waals surface area contributed by atoms with Crippen molar-refractivity contribution in [3.05, 3.63) is 131 Å². The lowest BCUT2D eigenvalue weighted by Gasteiger charge is -2.22. The van der Waals surface area contributed by atoms with Gasteiger partial charge in [0, 0.05) is 33.1 Å². The van der Waals surface area contributed by atoms with Crippen molar-refractivity contribution in [2.75, 3.05) is 0 Å². The van der Waals surface area contributed by atoms with Crippen LogP contribution in [0.3, 0.4) is 0 Å². The number of para-hydroxylation sites is 4. The molecular formula is C45H45N5O. The number of phenolic OH excluding ortho intramolecular Hbond substituents is 1. The minimum Gasteiger partial charge on any atom is -0.507 e. The summed E-state index contributed by atoms with van der Waals surface area (Å²) in [4.78, 5) is 19.8. The van der Waals surface area contributed by atoms with Crippen LogP contribution in [0, 0.1) is 20.8 Å². The maximum atomic E-state index is 11.9. The molecule has 0 spiro atoms. The summed E-state index contributed by atoms with van der Waals surface area (Å²) in [5, 5.41) is 11.9. The van der Waals surface area contributed by atoms with Crippen molar-refractivity contribution < 1.29 is 5.11 Å². The topological polar surface area (TPSA) is 76.7 Å². The van der Waals surface area contributed by atoms with E-state index in [1.807, 2.05) is 48.5 Å². The van der Waals surface area contributed by atoms with Crippen molar-refractivity contribution in [2.45, 2.75) is 73.1 Å². The average Bonchev–Trinajstić information content (AvgIpc) is 3.46. The number of aromatic hydroxyl groups is 1. The Bertz CT molecular complexity index is 2370. The van der Waals surface area contributed by atoms with Crippen molar-refractivity contribution in [1.82, 2.24) is 24.5 Å². The molecule has 7 rings (SSSR count). The minimum absolute atomic E-state index is 0.217. The number of aryl methyl sites for hydroxylation is 2. The van der Waals surface area contributed by atoms with Gasteiger partial charge < -0.3 is 5.11 Å². The van der Waals surface area contributed by atoms with Gasteiger partial charge >= 0.3 is 0 Å². The van der Waals surface area contributed by atoms with Crippen LogP contribution in [0.4, 0.5) is 0 Å². The minimum atomic E-state index is -0.217. The zero-order chi connectivity index (χ0) is 36.2. The van der Waals surface area contributed by atoms with E-state index in [1.165, 1.54) is 11.1 Å². The molecule has 2 aromatic heterocycles. The molecule has 0 amide bonds. The Morgan fingerprint density at radius 3 is 1.67 bits per heavy atom. The predicted octanol–water partition coefficient (Wildman–Crippen LogP) is 11.1. The first-order valence-corrected chi connectivity index (χ1v) is 17.6. The summed E-state index contributed by atoms with van der Waals surface area (Å²) in [6.45, 7) is 19.1. The third-order valence-electron chi connectivity index (χ3n) is 9.56. The molecule has 5 aromatic carbocycles. The van der Waals surface area contributed by atoms with E-state index in [-0.39, 0.29) is 16.6 Å². The monoisotopic (exact) mass is 671 g/mol. The van der Waals surface area contributed by atoms with Gasteiger partial charge in [-0.15, -0.1) is 0 Å². The maximum absolute atomic E-state index is 11.9. The summed E-state index contributed by atoms with van der Waals surface area (Å²) in [5.41, 5.74) is 11.4. The maximum Gasteiger partial charge on any atom is 0.163 e. The van der Waals surface area contributed by atoms with Crippen LogP contribution in [-0.2, 0) is 10.8 Å². The summed E-state index contributed by atoms with van der Waals surface area (Å²) >= 11 is 0. The highest BCUT2D eigenvalue weighted by Crippen LogP contribution is 2.42. The Hall–Kier alpha value is -5.62. The van der Waals surface area contributed by atoms with Crippen LogP contribution in [0.5, 0.6) is 5.75 Å².